The summed E-state index contributed by atoms with van der Waals surface area (Å²) >= 11 is 0. The molecule has 1 unspecified atom stereocenters. The summed E-state index contributed by atoms with van der Waals surface area (Å²) in [6, 6.07) is 7.47. The first-order valence-corrected chi connectivity index (χ1v) is 7.01. The first-order valence-electron chi connectivity index (χ1n) is 7.01. The van der Waals surface area contributed by atoms with Crippen LogP contribution in [0.1, 0.15) is 49.0 Å². The minimum atomic E-state index is -0.173. The number of carbonyl (C=O) groups is 1. The van der Waals surface area contributed by atoms with Gasteiger partial charge in [0, 0.05) is 17.2 Å². The van der Waals surface area contributed by atoms with E-state index in [0.29, 0.717) is 11.0 Å². The van der Waals surface area contributed by atoms with Crippen molar-refractivity contribution in [2.24, 2.45) is 5.41 Å². The molecule has 1 aromatic carbocycles. The van der Waals surface area contributed by atoms with Gasteiger partial charge >= 0.3 is 0 Å². The molecule has 0 aliphatic heterocycles. The first kappa shape index (κ1) is 14.6. The number of carbonyl (C=O) groups excluding carboxylic acids is 1. The summed E-state index contributed by atoms with van der Waals surface area (Å²) in [5.74, 6) is 5.36. The average molecular weight is 271 g/mol. The van der Waals surface area contributed by atoms with Crippen LogP contribution in [0.3, 0.4) is 0 Å². The molecule has 1 amide bonds. The Bertz CT molecular complexity index is 552. The van der Waals surface area contributed by atoms with E-state index in [2.05, 4.69) is 31.0 Å². The standard InChI is InChI=1S/C17H21NO2/c1-17(2)9-8-15(12-17)18-16(20)14-7-3-5-13(11-14)6-4-10-19/h3,5,7,11,15,19H,8-10,12H2,1-2H3,(H,18,20). The summed E-state index contributed by atoms with van der Waals surface area (Å²) in [5, 5.41) is 11.8. The Morgan fingerprint density at radius 3 is 2.95 bits per heavy atom. The Labute approximate surface area is 120 Å². The molecule has 0 spiro atoms. The second-order valence-corrected chi connectivity index (χ2v) is 6.12. The van der Waals surface area contributed by atoms with Crippen molar-refractivity contribution >= 4 is 5.91 Å². The lowest BCUT2D eigenvalue weighted by Gasteiger charge is -2.17. The molecule has 3 nitrogen and oxygen atoms in total. The monoisotopic (exact) mass is 271 g/mol. The highest BCUT2D eigenvalue weighted by molar-refractivity contribution is 5.94. The summed E-state index contributed by atoms with van der Waals surface area (Å²) in [6.45, 7) is 4.31. The molecule has 1 aromatic rings. The van der Waals surface area contributed by atoms with Crippen molar-refractivity contribution in [2.45, 2.75) is 39.2 Å². The largest absolute Gasteiger partial charge is 0.384 e. The lowest BCUT2D eigenvalue weighted by atomic mass is 9.92. The third-order valence-corrected chi connectivity index (χ3v) is 3.74. The number of aliphatic hydroxyl groups is 1. The highest BCUT2D eigenvalue weighted by Crippen LogP contribution is 2.36. The predicted octanol–water partition coefficient (Wildman–Crippen LogP) is 2.34. The van der Waals surface area contributed by atoms with Crippen LogP contribution >= 0.6 is 0 Å². The number of hydrogen-bond acceptors (Lipinski definition) is 2. The van der Waals surface area contributed by atoms with Crippen LogP contribution in [-0.4, -0.2) is 23.7 Å². The zero-order valence-corrected chi connectivity index (χ0v) is 12.1. The molecule has 1 saturated carbocycles. The molecule has 106 valence electrons. The van der Waals surface area contributed by atoms with Gasteiger partial charge in [-0.25, -0.2) is 0 Å². The van der Waals surface area contributed by atoms with Crippen LogP contribution < -0.4 is 5.32 Å². The maximum absolute atomic E-state index is 12.2. The number of hydrogen-bond donors (Lipinski definition) is 2. The zero-order chi connectivity index (χ0) is 14.6. The molecule has 0 radical (unpaired) electrons. The second-order valence-electron chi connectivity index (χ2n) is 6.12. The van der Waals surface area contributed by atoms with Gasteiger partial charge < -0.3 is 10.4 Å². The van der Waals surface area contributed by atoms with Gasteiger partial charge in [-0.05, 0) is 42.9 Å². The second kappa shape index (κ2) is 6.11. The molecule has 3 heteroatoms. The van der Waals surface area contributed by atoms with E-state index in [-0.39, 0.29) is 18.6 Å². The first-order chi connectivity index (χ1) is 9.50. The lowest BCUT2D eigenvalue weighted by Crippen LogP contribution is -2.33. The fraction of sp³-hybridized carbons (Fsp3) is 0.471. The average Bonchev–Trinajstić information content (AvgIpc) is 2.76. The molecule has 0 bridgehead atoms. The number of rotatable bonds is 2. The van der Waals surface area contributed by atoms with Gasteiger partial charge in [0.05, 0.1) is 0 Å². The van der Waals surface area contributed by atoms with E-state index in [1.54, 1.807) is 12.1 Å². The van der Waals surface area contributed by atoms with E-state index in [1.165, 1.54) is 0 Å². The Morgan fingerprint density at radius 1 is 1.50 bits per heavy atom. The van der Waals surface area contributed by atoms with E-state index in [4.69, 9.17) is 5.11 Å². The topological polar surface area (TPSA) is 49.3 Å². The van der Waals surface area contributed by atoms with Crippen molar-refractivity contribution < 1.29 is 9.90 Å². The fourth-order valence-electron chi connectivity index (χ4n) is 2.71. The van der Waals surface area contributed by atoms with Gasteiger partial charge in [0.2, 0.25) is 0 Å². The Kier molecular flexibility index (Phi) is 4.46. The number of amides is 1. The van der Waals surface area contributed by atoms with Crippen LogP contribution in [0.2, 0.25) is 0 Å². The number of aliphatic hydroxyl groups excluding tert-OH is 1. The summed E-state index contributed by atoms with van der Waals surface area (Å²) in [4.78, 5) is 12.2. The van der Waals surface area contributed by atoms with Crippen molar-refractivity contribution in [3.63, 3.8) is 0 Å². The Hall–Kier alpha value is -1.79. The van der Waals surface area contributed by atoms with E-state index >= 15 is 0 Å². The molecule has 1 aliphatic carbocycles. The van der Waals surface area contributed by atoms with Gasteiger partial charge in [-0.3, -0.25) is 4.79 Å². The predicted molar refractivity (Wildman–Crippen MR) is 79.3 cm³/mol. The zero-order valence-electron chi connectivity index (χ0n) is 12.1. The van der Waals surface area contributed by atoms with Gasteiger partial charge in [-0.2, -0.15) is 0 Å². The van der Waals surface area contributed by atoms with E-state index in [0.717, 1.165) is 24.8 Å². The molecule has 2 N–H and O–H groups in total. The Balaban J connectivity index is 2.02. The van der Waals surface area contributed by atoms with Crippen LogP contribution in [0, 0.1) is 17.3 Å². The summed E-state index contributed by atoms with van der Waals surface area (Å²) < 4.78 is 0. The molecular formula is C17H21NO2. The Morgan fingerprint density at radius 2 is 2.30 bits per heavy atom. The third-order valence-electron chi connectivity index (χ3n) is 3.74. The minimum absolute atomic E-state index is 0.0413. The summed E-state index contributed by atoms with van der Waals surface area (Å²) in [7, 11) is 0. The molecule has 20 heavy (non-hydrogen) atoms. The van der Waals surface area contributed by atoms with E-state index in [1.807, 2.05) is 12.1 Å². The van der Waals surface area contributed by atoms with E-state index < -0.39 is 0 Å². The summed E-state index contributed by atoms with van der Waals surface area (Å²) in [6.07, 6.45) is 3.23. The van der Waals surface area contributed by atoms with Crippen molar-refractivity contribution in [1.29, 1.82) is 0 Å². The maximum atomic E-state index is 12.2. The van der Waals surface area contributed by atoms with Crippen molar-refractivity contribution in [3.05, 3.63) is 35.4 Å². The third kappa shape index (κ3) is 3.85. The normalized spacial score (nSPS) is 20.1. The molecule has 2 rings (SSSR count). The highest BCUT2D eigenvalue weighted by Gasteiger charge is 2.31. The summed E-state index contributed by atoms with van der Waals surface area (Å²) in [5.41, 5.74) is 1.70. The molecule has 0 aromatic heterocycles. The van der Waals surface area contributed by atoms with Crippen molar-refractivity contribution in [3.8, 4) is 11.8 Å². The van der Waals surface area contributed by atoms with Gasteiger partial charge in [0.1, 0.15) is 6.61 Å². The number of nitrogens with one attached hydrogen (secondary N) is 1. The van der Waals surface area contributed by atoms with Gasteiger partial charge in [0.15, 0.2) is 0 Å². The van der Waals surface area contributed by atoms with Crippen molar-refractivity contribution in [2.75, 3.05) is 6.61 Å². The fourth-order valence-corrected chi connectivity index (χ4v) is 2.71. The minimum Gasteiger partial charge on any atom is -0.384 e. The molecule has 1 aliphatic rings. The van der Waals surface area contributed by atoms with E-state index in [9.17, 15) is 4.79 Å². The van der Waals surface area contributed by atoms with Crippen LogP contribution in [0.15, 0.2) is 24.3 Å². The van der Waals surface area contributed by atoms with Gasteiger partial charge in [-0.15, -0.1) is 0 Å². The highest BCUT2D eigenvalue weighted by atomic mass is 16.2. The van der Waals surface area contributed by atoms with Crippen LogP contribution in [0.4, 0.5) is 0 Å². The van der Waals surface area contributed by atoms with Crippen LogP contribution in [0.25, 0.3) is 0 Å². The van der Waals surface area contributed by atoms with Gasteiger partial charge in [0.25, 0.3) is 5.91 Å². The quantitative estimate of drug-likeness (QED) is 0.811. The molecule has 0 heterocycles. The maximum Gasteiger partial charge on any atom is 0.251 e. The van der Waals surface area contributed by atoms with Crippen LogP contribution in [-0.2, 0) is 0 Å². The van der Waals surface area contributed by atoms with Crippen molar-refractivity contribution in [1.82, 2.24) is 5.32 Å². The molecular weight excluding hydrogens is 250 g/mol. The van der Waals surface area contributed by atoms with Gasteiger partial charge in [-0.1, -0.05) is 31.8 Å². The lowest BCUT2D eigenvalue weighted by molar-refractivity contribution is 0.0936. The molecule has 0 saturated heterocycles. The number of benzene rings is 1. The molecule has 1 atom stereocenters. The molecule has 1 fully saturated rings. The smallest absolute Gasteiger partial charge is 0.251 e. The van der Waals surface area contributed by atoms with Crippen LogP contribution in [0.5, 0.6) is 0 Å². The SMILES string of the molecule is CC1(C)CCC(NC(=O)c2cccc(C#CCO)c2)C1.